The quantitative estimate of drug-likeness (QED) is 0.420. The first-order chi connectivity index (χ1) is 16.1. The predicted octanol–water partition coefficient (Wildman–Crippen LogP) is 4.84. The first-order valence-corrected chi connectivity index (χ1v) is 12.4. The van der Waals surface area contributed by atoms with Crippen molar-refractivity contribution in [3.8, 4) is 0 Å². The van der Waals surface area contributed by atoms with Gasteiger partial charge in [-0.05, 0) is 36.6 Å². The van der Waals surface area contributed by atoms with Crippen molar-refractivity contribution in [2.24, 2.45) is 0 Å². The van der Waals surface area contributed by atoms with Gasteiger partial charge < -0.3 is 5.32 Å². The summed E-state index contributed by atoms with van der Waals surface area (Å²) in [5.41, 5.74) is 1.75. The zero-order valence-electron chi connectivity index (χ0n) is 18.1. The molecule has 1 aliphatic carbocycles. The molecular formula is C25H24N4O2S2. The molecule has 168 valence electrons. The number of thioether (sulfide) groups is 1. The lowest BCUT2D eigenvalue weighted by Gasteiger charge is -2.29. The van der Waals surface area contributed by atoms with Gasteiger partial charge in [0.15, 0.2) is 0 Å². The van der Waals surface area contributed by atoms with Crippen molar-refractivity contribution >= 4 is 51.7 Å². The van der Waals surface area contributed by atoms with E-state index in [0.29, 0.717) is 32.8 Å². The molecule has 1 saturated carbocycles. The lowest BCUT2D eigenvalue weighted by molar-refractivity contribution is -0.124. The molecule has 2 fully saturated rings. The van der Waals surface area contributed by atoms with Crippen LogP contribution in [0.15, 0.2) is 64.4 Å². The number of amides is 1. The Balaban J connectivity index is 1.53. The van der Waals surface area contributed by atoms with Crippen LogP contribution in [0.25, 0.3) is 11.7 Å². The highest BCUT2D eigenvalue weighted by Gasteiger charge is 2.37. The van der Waals surface area contributed by atoms with E-state index in [1.165, 1.54) is 22.6 Å². The number of carbonyl (C=O) groups excluding carboxylic acids is 1. The Morgan fingerprint density at radius 2 is 1.82 bits per heavy atom. The number of nitrogens with one attached hydrogen (secondary N) is 1. The van der Waals surface area contributed by atoms with Crippen LogP contribution in [0, 0.1) is 0 Å². The fourth-order valence-electron chi connectivity index (χ4n) is 4.41. The van der Waals surface area contributed by atoms with Crippen molar-refractivity contribution in [2.45, 2.75) is 44.7 Å². The minimum Gasteiger partial charge on any atom is -0.365 e. The number of rotatable bonds is 5. The number of pyridine rings is 1. The summed E-state index contributed by atoms with van der Waals surface area (Å²) in [5, 5.41) is 3.30. The molecule has 5 rings (SSSR count). The molecule has 0 bridgehead atoms. The smallest absolute Gasteiger partial charge is 0.267 e. The summed E-state index contributed by atoms with van der Waals surface area (Å²) in [6.45, 7) is 0.514. The van der Waals surface area contributed by atoms with Crippen LogP contribution in [0.1, 0.15) is 43.2 Å². The summed E-state index contributed by atoms with van der Waals surface area (Å²) >= 11 is 6.83. The van der Waals surface area contributed by atoms with Gasteiger partial charge in [0.2, 0.25) is 0 Å². The van der Waals surface area contributed by atoms with Crippen LogP contribution in [0.4, 0.5) is 5.82 Å². The Kier molecular flexibility index (Phi) is 6.28. The highest BCUT2D eigenvalue weighted by molar-refractivity contribution is 8.26. The highest BCUT2D eigenvalue weighted by atomic mass is 32.2. The third-order valence-corrected chi connectivity index (χ3v) is 7.44. The zero-order valence-corrected chi connectivity index (χ0v) is 19.7. The van der Waals surface area contributed by atoms with Gasteiger partial charge in [0.1, 0.15) is 15.8 Å². The maximum absolute atomic E-state index is 13.4. The van der Waals surface area contributed by atoms with Crippen molar-refractivity contribution in [3.05, 3.63) is 81.1 Å². The fourth-order valence-corrected chi connectivity index (χ4v) is 5.80. The van der Waals surface area contributed by atoms with E-state index in [1.807, 2.05) is 36.4 Å². The lowest BCUT2D eigenvalue weighted by Crippen LogP contribution is -2.39. The van der Waals surface area contributed by atoms with E-state index in [0.717, 1.165) is 31.2 Å². The average molecular weight is 477 g/mol. The van der Waals surface area contributed by atoms with Gasteiger partial charge in [0.05, 0.1) is 10.5 Å². The first kappa shape index (κ1) is 21.9. The molecule has 0 spiro atoms. The Labute approximate surface area is 201 Å². The van der Waals surface area contributed by atoms with Crippen molar-refractivity contribution in [3.63, 3.8) is 0 Å². The normalized spacial score (nSPS) is 18.4. The van der Waals surface area contributed by atoms with Gasteiger partial charge in [-0.3, -0.25) is 18.9 Å². The Morgan fingerprint density at radius 1 is 1.06 bits per heavy atom. The molecule has 2 aliphatic rings. The van der Waals surface area contributed by atoms with E-state index < -0.39 is 0 Å². The zero-order chi connectivity index (χ0) is 22.8. The molecule has 1 aromatic carbocycles. The van der Waals surface area contributed by atoms with Gasteiger partial charge in [-0.25, -0.2) is 4.98 Å². The first-order valence-electron chi connectivity index (χ1n) is 11.2. The van der Waals surface area contributed by atoms with Gasteiger partial charge in [0, 0.05) is 18.8 Å². The SMILES string of the molecule is O=C1C(=Cc2c(NCc3ccccc3)nc3ccccn3c2=O)SC(=S)N1C1CCCCC1. The van der Waals surface area contributed by atoms with E-state index in [4.69, 9.17) is 12.2 Å². The van der Waals surface area contributed by atoms with E-state index in [2.05, 4.69) is 10.3 Å². The molecule has 33 heavy (non-hydrogen) atoms. The number of thiocarbonyl (C=S) groups is 1. The van der Waals surface area contributed by atoms with E-state index in [9.17, 15) is 9.59 Å². The summed E-state index contributed by atoms with van der Waals surface area (Å²) in [7, 11) is 0. The lowest BCUT2D eigenvalue weighted by atomic mass is 9.94. The molecule has 0 radical (unpaired) electrons. The van der Waals surface area contributed by atoms with Gasteiger partial charge in [-0.15, -0.1) is 0 Å². The summed E-state index contributed by atoms with van der Waals surface area (Å²) in [5.74, 6) is 0.349. The van der Waals surface area contributed by atoms with Crippen LogP contribution in [0.2, 0.25) is 0 Å². The third kappa shape index (κ3) is 4.45. The van der Waals surface area contributed by atoms with Crippen molar-refractivity contribution in [1.29, 1.82) is 0 Å². The molecule has 8 heteroatoms. The monoisotopic (exact) mass is 476 g/mol. The topological polar surface area (TPSA) is 66.7 Å². The minimum absolute atomic E-state index is 0.108. The number of carbonyl (C=O) groups is 1. The summed E-state index contributed by atoms with van der Waals surface area (Å²) in [6, 6.07) is 15.5. The maximum Gasteiger partial charge on any atom is 0.267 e. The summed E-state index contributed by atoms with van der Waals surface area (Å²) in [6.07, 6.45) is 8.74. The molecule has 1 aliphatic heterocycles. The number of fused-ring (bicyclic) bond motifs is 1. The van der Waals surface area contributed by atoms with E-state index in [-0.39, 0.29) is 17.5 Å². The number of hydrogen-bond donors (Lipinski definition) is 1. The third-order valence-electron chi connectivity index (χ3n) is 6.11. The molecule has 1 saturated heterocycles. The van der Waals surface area contributed by atoms with Crippen LogP contribution in [-0.2, 0) is 11.3 Å². The summed E-state index contributed by atoms with van der Waals surface area (Å²) in [4.78, 5) is 33.6. The standard InChI is InChI=1S/C25H24N4O2S2/c30-23-19(15-20-24(31)29(25(32)33-20)18-11-5-2-6-12-18)22(26-16-17-9-3-1-4-10-17)27-21-13-7-8-14-28(21)23/h1,3-4,7-10,13-15,18,26H,2,5-6,11-12,16H2. The van der Waals surface area contributed by atoms with E-state index >= 15 is 0 Å². The minimum atomic E-state index is -0.223. The Hall–Kier alpha value is -2.97. The van der Waals surface area contributed by atoms with Gasteiger partial charge in [-0.1, -0.05) is 79.6 Å². The number of aromatic nitrogens is 2. The van der Waals surface area contributed by atoms with Crippen LogP contribution in [-0.4, -0.2) is 30.6 Å². The molecule has 0 atom stereocenters. The Morgan fingerprint density at radius 3 is 2.61 bits per heavy atom. The second kappa shape index (κ2) is 9.49. The second-order valence-electron chi connectivity index (χ2n) is 8.29. The van der Waals surface area contributed by atoms with Crippen molar-refractivity contribution in [1.82, 2.24) is 14.3 Å². The van der Waals surface area contributed by atoms with Crippen molar-refractivity contribution < 1.29 is 4.79 Å². The number of hydrogen-bond acceptors (Lipinski definition) is 6. The number of anilines is 1. The Bertz CT molecular complexity index is 1300. The maximum atomic E-state index is 13.4. The van der Waals surface area contributed by atoms with Crippen molar-refractivity contribution in [2.75, 3.05) is 5.32 Å². The molecule has 3 heterocycles. The molecule has 0 unspecified atom stereocenters. The molecule has 1 N–H and O–H groups in total. The van der Waals surface area contributed by atoms with Gasteiger partial charge in [-0.2, -0.15) is 0 Å². The van der Waals surface area contributed by atoms with Crippen LogP contribution >= 0.6 is 24.0 Å². The van der Waals surface area contributed by atoms with Gasteiger partial charge >= 0.3 is 0 Å². The summed E-state index contributed by atoms with van der Waals surface area (Å²) < 4.78 is 2.08. The van der Waals surface area contributed by atoms with Crippen LogP contribution < -0.4 is 10.9 Å². The highest BCUT2D eigenvalue weighted by Crippen LogP contribution is 2.37. The molecule has 6 nitrogen and oxygen atoms in total. The molecular weight excluding hydrogens is 452 g/mol. The fraction of sp³-hybridized carbons (Fsp3) is 0.280. The largest absolute Gasteiger partial charge is 0.365 e. The number of benzene rings is 1. The van der Waals surface area contributed by atoms with Gasteiger partial charge in [0.25, 0.3) is 11.5 Å². The molecule has 3 aromatic rings. The molecule has 1 amide bonds. The van der Waals surface area contributed by atoms with E-state index in [1.54, 1.807) is 29.3 Å². The predicted molar refractivity (Wildman–Crippen MR) is 137 cm³/mol. The van der Waals surface area contributed by atoms with Crippen LogP contribution in [0.5, 0.6) is 0 Å². The average Bonchev–Trinajstić information content (AvgIpc) is 3.13. The number of nitrogens with zero attached hydrogens (tertiary/aromatic N) is 3. The second-order valence-corrected chi connectivity index (χ2v) is 9.97. The molecule has 2 aromatic heterocycles. The van der Waals surface area contributed by atoms with Crippen LogP contribution in [0.3, 0.4) is 0 Å².